The van der Waals surface area contributed by atoms with E-state index in [1.54, 1.807) is 0 Å². The maximum Gasteiger partial charge on any atom is 0.0722 e. The molecule has 0 spiro atoms. The van der Waals surface area contributed by atoms with Gasteiger partial charge in [-0.05, 0) is 29.7 Å². The number of hydrogen-bond acceptors (Lipinski definition) is 2. The first-order valence-electron chi connectivity index (χ1n) is 7.07. The molecule has 0 saturated carbocycles. The van der Waals surface area contributed by atoms with Crippen molar-refractivity contribution < 1.29 is 0 Å². The SMILES string of the molecule is c1ccc2c(c1)CC2CNc1ccnc2ccccc12. The zero-order valence-corrected chi connectivity index (χ0v) is 11.2. The van der Waals surface area contributed by atoms with E-state index in [2.05, 4.69) is 58.8 Å². The predicted octanol–water partition coefficient (Wildman–Crippen LogP) is 3.99. The first-order valence-corrected chi connectivity index (χ1v) is 7.07. The second kappa shape index (κ2) is 4.64. The molecule has 0 bridgehead atoms. The van der Waals surface area contributed by atoms with E-state index < -0.39 is 0 Å². The minimum atomic E-state index is 0.637. The molecule has 1 N–H and O–H groups in total. The van der Waals surface area contributed by atoms with Crippen LogP contribution in [0.3, 0.4) is 0 Å². The van der Waals surface area contributed by atoms with Gasteiger partial charge in [-0.1, -0.05) is 42.5 Å². The zero-order valence-electron chi connectivity index (χ0n) is 11.2. The molecule has 0 saturated heterocycles. The fourth-order valence-electron chi connectivity index (χ4n) is 3.03. The monoisotopic (exact) mass is 260 g/mol. The Balaban J connectivity index is 1.55. The molecule has 1 atom stereocenters. The molecule has 1 heterocycles. The third kappa shape index (κ3) is 1.85. The highest BCUT2D eigenvalue weighted by Gasteiger charge is 2.24. The largest absolute Gasteiger partial charge is 0.384 e. The smallest absolute Gasteiger partial charge is 0.0722 e. The van der Waals surface area contributed by atoms with Gasteiger partial charge in [0.05, 0.1) is 5.52 Å². The van der Waals surface area contributed by atoms with E-state index in [1.807, 2.05) is 12.3 Å². The number of para-hydroxylation sites is 1. The molecule has 2 aromatic carbocycles. The molecule has 1 aliphatic carbocycles. The van der Waals surface area contributed by atoms with Gasteiger partial charge in [0.25, 0.3) is 0 Å². The summed E-state index contributed by atoms with van der Waals surface area (Å²) in [6.07, 6.45) is 3.06. The van der Waals surface area contributed by atoms with Crippen molar-refractivity contribution in [1.29, 1.82) is 0 Å². The average Bonchev–Trinajstić information content (AvgIpc) is 2.48. The molecule has 0 fully saturated rings. The standard InChI is InChI=1S/C18H16N2/c1-2-6-15-13(5-1)11-14(15)12-20-18-9-10-19-17-8-4-3-7-16(17)18/h1-10,14H,11-12H2,(H,19,20). The molecular weight excluding hydrogens is 244 g/mol. The minimum Gasteiger partial charge on any atom is -0.384 e. The quantitative estimate of drug-likeness (QED) is 0.770. The van der Waals surface area contributed by atoms with Crippen molar-refractivity contribution in [1.82, 2.24) is 4.98 Å². The van der Waals surface area contributed by atoms with Crippen molar-refractivity contribution in [3.63, 3.8) is 0 Å². The van der Waals surface area contributed by atoms with E-state index in [1.165, 1.54) is 28.6 Å². The Kier molecular flexibility index (Phi) is 2.66. The Bertz CT molecular complexity index is 759. The summed E-state index contributed by atoms with van der Waals surface area (Å²) in [5.41, 5.74) is 5.23. The Morgan fingerprint density at radius 2 is 1.85 bits per heavy atom. The fraction of sp³-hybridized carbons (Fsp3) is 0.167. The topological polar surface area (TPSA) is 24.9 Å². The van der Waals surface area contributed by atoms with Crippen LogP contribution >= 0.6 is 0 Å². The van der Waals surface area contributed by atoms with Gasteiger partial charge in [-0.3, -0.25) is 4.98 Å². The van der Waals surface area contributed by atoms with Gasteiger partial charge >= 0.3 is 0 Å². The third-order valence-electron chi connectivity index (χ3n) is 4.15. The molecule has 1 aliphatic rings. The average molecular weight is 260 g/mol. The normalized spacial score (nSPS) is 16.5. The molecule has 0 amide bonds. The molecule has 4 rings (SSSR count). The number of hydrogen-bond donors (Lipinski definition) is 1. The summed E-state index contributed by atoms with van der Waals surface area (Å²) < 4.78 is 0. The van der Waals surface area contributed by atoms with Crippen LogP contribution in [0.5, 0.6) is 0 Å². The van der Waals surface area contributed by atoms with Gasteiger partial charge < -0.3 is 5.32 Å². The Hall–Kier alpha value is -2.35. The number of pyridine rings is 1. The summed E-state index contributed by atoms with van der Waals surface area (Å²) in [5.74, 6) is 0.637. The van der Waals surface area contributed by atoms with Gasteiger partial charge in [-0.2, -0.15) is 0 Å². The van der Waals surface area contributed by atoms with Crippen LogP contribution < -0.4 is 5.32 Å². The summed E-state index contributed by atoms with van der Waals surface area (Å²) >= 11 is 0. The predicted molar refractivity (Wildman–Crippen MR) is 83.1 cm³/mol. The first-order chi connectivity index (χ1) is 9.92. The third-order valence-corrected chi connectivity index (χ3v) is 4.15. The summed E-state index contributed by atoms with van der Waals surface area (Å²) in [4.78, 5) is 4.40. The number of anilines is 1. The molecule has 1 aromatic heterocycles. The molecule has 2 heteroatoms. The highest BCUT2D eigenvalue weighted by molar-refractivity contribution is 5.90. The van der Waals surface area contributed by atoms with Gasteiger partial charge in [0, 0.05) is 29.7 Å². The molecule has 20 heavy (non-hydrogen) atoms. The molecule has 98 valence electrons. The first kappa shape index (κ1) is 11.5. The number of benzene rings is 2. The van der Waals surface area contributed by atoms with Crippen LogP contribution in [0, 0.1) is 0 Å². The van der Waals surface area contributed by atoms with Gasteiger partial charge in [-0.25, -0.2) is 0 Å². The van der Waals surface area contributed by atoms with Gasteiger partial charge in [0.1, 0.15) is 0 Å². The second-order valence-electron chi connectivity index (χ2n) is 5.36. The lowest BCUT2D eigenvalue weighted by Crippen LogP contribution is -2.24. The fourth-order valence-corrected chi connectivity index (χ4v) is 3.03. The van der Waals surface area contributed by atoms with E-state index in [-0.39, 0.29) is 0 Å². The van der Waals surface area contributed by atoms with Crippen molar-refractivity contribution in [3.05, 3.63) is 71.9 Å². The van der Waals surface area contributed by atoms with Crippen molar-refractivity contribution in [2.75, 3.05) is 11.9 Å². The van der Waals surface area contributed by atoms with Gasteiger partial charge in [-0.15, -0.1) is 0 Å². The van der Waals surface area contributed by atoms with Crippen LogP contribution in [-0.2, 0) is 6.42 Å². The van der Waals surface area contributed by atoms with Crippen molar-refractivity contribution in [2.24, 2.45) is 0 Å². The van der Waals surface area contributed by atoms with Gasteiger partial charge in [0.2, 0.25) is 0 Å². The summed E-state index contributed by atoms with van der Waals surface area (Å²) in [6, 6.07) is 19.1. The van der Waals surface area contributed by atoms with E-state index in [4.69, 9.17) is 0 Å². The van der Waals surface area contributed by atoms with E-state index in [0.29, 0.717) is 5.92 Å². The number of fused-ring (bicyclic) bond motifs is 2. The van der Waals surface area contributed by atoms with E-state index in [0.717, 1.165) is 12.1 Å². The maximum atomic E-state index is 4.40. The molecule has 0 aliphatic heterocycles. The van der Waals surface area contributed by atoms with Crippen molar-refractivity contribution >= 4 is 16.6 Å². The highest BCUT2D eigenvalue weighted by atomic mass is 14.9. The maximum absolute atomic E-state index is 4.40. The molecular formula is C18H16N2. The van der Waals surface area contributed by atoms with Crippen LogP contribution in [0.2, 0.25) is 0 Å². The van der Waals surface area contributed by atoms with E-state index >= 15 is 0 Å². The van der Waals surface area contributed by atoms with Crippen LogP contribution in [0.25, 0.3) is 10.9 Å². The lowest BCUT2D eigenvalue weighted by molar-refractivity contribution is 0.636. The van der Waals surface area contributed by atoms with Crippen molar-refractivity contribution in [3.8, 4) is 0 Å². The summed E-state index contributed by atoms with van der Waals surface area (Å²) in [6.45, 7) is 0.991. The van der Waals surface area contributed by atoms with Crippen LogP contribution in [0.1, 0.15) is 17.0 Å². The van der Waals surface area contributed by atoms with E-state index in [9.17, 15) is 0 Å². The Morgan fingerprint density at radius 3 is 2.80 bits per heavy atom. The lowest BCUT2D eigenvalue weighted by atomic mass is 9.77. The molecule has 3 aromatic rings. The Morgan fingerprint density at radius 1 is 1.00 bits per heavy atom. The number of nitrogens with one attached hydrogen (secondary N) is 1. The van der Waals surface area contributed by atoms with Gasteiger partial charge in [0.15, 0.2) is 0 Å². The molecule has 2 nitrogen and oxygen atoms in total. The van der Waals surface area contributed by atoms with Crippen LogP contribution in [0.4, 0.5) is 5.69 Å². The number of nitrogens with zero attached hydrogens (tertiary/aromatic N) is 1. The molecule has 1 unspecified atom stereocenters. The lowest BCUT2D eigenvalue weighted by Gasteiger charge is -2.30. The number of rotatable bonds is 3. The van der Waals surface area contributed by atoms with Crippen molar-refractivity contribution in [2.45, 2.75) is 12.3 Å². The highest BCUT2D eigenvalue weighted by Crippen LogP contribution is 2.35. The van der Waals surface area contributed by atoms with Crippen LogP contribution in [0.15, 0.2) is 60.8 Å². The Labute approximate surface area is 118 Å². The summed E-state index contributed by atoms with van der Waals surface area (Å²) in [7, 11) is 0. The minimum absolute atomic E-state index is 0.637. The number of aromatic nitrogens is 1. The second-order valence-corrected chi connectivity index (χ2v) is 5.36. The zero-order chi connectivity index (χ0) is 13.4. The van der Waals surface area contributed by atoms with Crippen LogP contribution in [-0.4, -0.2) is 11.5 Å². The molecule has 0 radical (unpaired) electrons. The summed E-state index contributed by atoms with van der Waals surface area (Å²) in [5, 5.41) is 4.79.